The summed E-state index contributed by atoms with van der Waals surface area (Å²) >= 11 is 0. The fourth-order valence-corrected chi connectivity index (χ4v) is 5.91. The molecule has 2 nitrogen and oxygen atoms in total. The molecular weight excluding hydrogens is 426 g/mol. The number of aryl methyl sites for hydroxylation is 3. The first-order chi connectivity index (χ1) is 17.0. The first kappa shape index (κ1) is 27.2. The Kier molecular flexibility index (Phi) is 10.6. The number of carbonyl (C=O) groups is 1. The summed E-state index contributed by atoms with van der Waals surface area (Å²) in [6.07, 6.45) is 15.5. The number of hydrogen-bond acceptors (Lipinski definition) is 1. The van der Waals surface area contributed by atoms with E-state index in [4.69, 9.17) is 0 Å². The van der Waals surface area contributed by atoms with Crippen LogP contribution >= 0.6 is 0 Å². The summed E-state index contributed by atoms with van der Waals surface area (Å²) in [5, 5.41) is 0. The smallest absolute Gasteiger partial charge is 0.245 e. The van der Waals surface area contributed by atoms with Crippen molar-refractivity contribution in [2.24, 2.45) is 5.92 Å². The van der Waals surface area contributed by atoms with E-state index in [9.17, 15) is 4.79 Å². The van der Waals surface area contributed by atoms with Crippen LogP contribution in [0, 0.1) is 12.8 Å². The summed E-state index contributed by atoms with van der Waals surface area (Å²) in [5.41, 5.74) is 8.52. The maximum absolute atomic E-state index is 11.7. The highest BCUT2D eigenvalue weighted by Gasteiger charge is 2.23. The van der Waals surface area contributed by atoms with Crippen LogP contribution in [-0.2, 0) is 17.6 Å². The molecule has 0 spiro atoms. The van der Waals surface area contributed by atoms with Crippen molar-refractivity contribution in [3.05, 3.63) is 71.3 Å². The standard InChI is InChI=1S/C33H47NO/c1-6-9-10-12-26-14-17-29(18-15-26)31-21-19-30(23-25(31)4)32-20-16-27(24-28(32)7-2)13-11-22-34(5)33(35)8-3/h8,16,19-21,23-24,26,29H,3,6-7,9-15,17-18,22H2,1-2,4-5H3. The molecule has 1 aliphatic carbocycles. The Labute approximate surface area is 214 Å². The van der Waals surface area contributed by atoms with E-state index in [0.29, 0.717) is 0 Å². The van der Waals surface area contributed by atoms with Gasteiger partial charge in [0.1, 0.15) is 0 Å². The summed E-state index contributed by atoms with van der Waals surface area (Å²) in [7, 11) is 1.84. The Balaban J connectivity index is 1.63. The average molecular weight is 474 g/mol. The van der Waals surface area contributed by atoms with E-state index in [1.807, 2.05) is 7.05 Å². The van der Waals surface area contributed by atoms with Gasteiger partial charge in [0.25, 0.3) is 0 Å². The third-order valence-corrected chi connectivity index (χ3v) is 8.14. The molecule has 0 aliphatic heterocycles. The predicted octanol–water partition coefficient (Wildman–Crippen LogP) is 8.66. The quantitative estimate of drug-likeness (QED) is 0.223. The maximum atomic E-state index is 11.7. The Hall–Kier alpha value is -2.35. The normalized spacial score (nSPS) is 17.8. The first-order valence-electron chi connectivity index (χ1n) is 14.1. The third kappa shape index (κ3) is 7.56. The first-order valence-corrected chi connectivity index (χ1v) is 14.1. The van der Waals surface area contributed by atoms with Gasteiger partial charge in [0.2, 0.25) is 5.91 Å². The van der Waals surface area contributed by atoms with Crippen molar-refractivity contribution in [1.82, 2.24) is 4.90 Å². The van der Waals surface area contributed by atoms with E-state index in [0.717, 1.165) is 37.6 Å². The minimum Gasteiger partial charge on any atom is -0.342 e. The lowest BCUT2D eigenvalue weighted by atomic mass is 9.75. The SMILES string of the molecule is C=CC(=O)N(C)CCCc1ccc(-c2ccc(C3CCC(CCCCC)CC3)c(C)c2)c(CC)c1. The molecule has 0 radical (unpaired) electrons. The van der Waals surface area contributed by atoms with E-state index >= 15 is 0 Å². The van der Waals surface area contributed by atoms with E-state index in [-0.39, 0.29) is 5.91 Å². The van der Waals surface area contributed by atoms with Gasteiger partial charge < -0.3 is 4.90 Å². The zero-order valence-corrected chi connectivity index (χ0v) is 22.7. The van der Waals surface area contributed by atoms with Crippen molar-refractivity contribution in [1.29, 1.82) is 0 Å². The van der Waals surface area contributed by atoms with Crippen LogP contribution in [-0.4, -0.2) is 24.4 Å². The summed E-state index contributed by atoms with van der Waals surface area (Å²) in [6, 6.07) is 14.2. The van der Waals surface area contributed by atoms with Crippen LogP contribution in [0.5, 0.6) is 0 Å². The van der Waals surface area contributed by atoms with Gasteiger partial charge in [0, 0.05) is 13.6 Å². The van der Waals surface area contributed by atoms with Gasteiger partial charge in [-0.2, -0.15) is 0 Å². The minimum atomic E-state index is -0.00608. The molecule has 0 N–H and O–H groups in total. The molecule has 2 aromatic rings. The van der Waals surface area contributed by atoms with Gasteiger partial charge in [-0.05, 0) is 103 Å². The van der Waals surface area contributed by atoms with Crippen LogP contribution in [0.3, 0.4) is 0 Å². The van der Waals surface area contributed by atoms with E-state index in [2.05, 4.69) is 63.7 Å². The topological polar surface area (TPSA) is 20.3 Å². The Morgan fingerprint density at radius 2 is 1.80 bits per heavy atom. The van der Waals surface area contributed by atoms with E-state index in [1.165, 1.54) is 85.3 Å². The second-order valence-corrected chi connectivity index (χ2v) is 10.7. The molecule has 0 aromatic heterocycles. The van der Waals surface area contributed by atoms with Crippen LogP contribution in [0.15, 0.2) is 49.1 Å². The maximum Gasteiger partial charge on any atom is 0.245 e. The average Bonchev–Trinajstić information content (AvgIpc) is 2.88. The van der Waals surface area contributed by atoms with Crippen molar-refractivity contribution in [3.63, 3.8) is 0 Å². The van der Waals surface area contributed by atoms with Gasteiger partial charge in [-0.15, -0.1) is 0 Å². The molecule has 1 fully saturated rings. The monoisotopic (exact) mass is 473 g/mol. The van der Waals surface area contributed by atoms with Crippen molar-refractivity contribution in [2.45, 2.75) is 97.3 Å². The van der Waals surface area contributed by atoms with Crippen LogP contribution in [0.1, 0.15) is 99.8 Å². The summed E-state index contributed by atoms with van der Waals surface area (Å²) in [4.78, 5) is 13.4. The molecular formula is C33H47NO. The number of likely N-dealkylation sites (N-methyl/N-ethyl adjacent to an activating group) is 1. The number of benzene rings is 2. The van der Waals surface area contributed by atoms with E-state index in [1.54, 1.807) is 10.5 Å². The van der Waals surface area contributed by atoms with Gasteiger partial charge in [-0.25, -0.2) is 0 Å². The number of hydrogen-bond donors (Lipinski definition) is 0. The van der Waals surface area contributed by atoms with Crippen LogP contribution in [0.4, 0.5) is 0 Å². The van der Waals surface area contributed by atoms with Crippen LogP contribution in [0.2, 0.25) is 0 Å². The number of rotatable bonds is 12. The summed E-state index contributed by atoms with van der Waals surface area (Å²) in [5.74, 6) is 1.70. The molecule has 0 atom stereocenters. The fourth-order valence-electron chi connectivity index (χ4n) is 5.91. The molecule has 0 saturated heterocycles. The zero-order valence-electron chi connectivity index (χ0n) is 22.7. The molecule has 1 amide bonds. The van der Waals surface area contributed by atoms with Crippen molar-refractivity contribution < 1.29 is 4.79 Å². The molecule has 3 rings (SSSR count). The highest BCUT2D eigenvalue weighted by atomic mass is 16.2. The molecule has 35 heavy (non-hydrogen) atoms. The van der Waals surface area contributed by atoms with Crippen LogP contribution < -0.4 is 0 Å². The van der Waals surface area contributed by atoms with Gasteiger partial charge >= 0.3 is 0 Å². The predicted molar refractivity (Wildman–Crippen MR) is 151 cm³/mol. The number of amides is 1. The molecule has 190 valence electrons. The lowest BCUT2D eigenvalue weighted by Crippen LogP contribution is -2.25. The molecule has 0 heterocycles. The molecule has 0 unspecified atom stereocenters. The summed E-state index contributed by atoms with van der Waals surface area (Å²) < 4.78 is 0. The lowest BCUT2D eigenvalue weighted by molar-refractivity contribution is -0.124. The van der Waals surface area contributed by atoms with Gasteiger partial charge in [-0.3, -0.25) is 4.79 Å². The molecule has 0 bridgehead atoms. The lowest BCUT2D eigenvalue weighted by Gasteiger charge is -2.30. The Bertz CT molecular complexity index is 967. The highest BCUT2D eigenvalue weighted by molar-refractivity contribution is 5.86. The Morgan fingerprint density at radius 3 is 2.46 bits per heavy atom. The second-order valence-electron chi connectivity index (χ2n) is 10.7. The van der Waals surface area contributed by atoms with Gasteiger partial charge in [0.05, 0.1) is 0 Å². The van der Waals surface area contributed by atoms with Gasteiger partial charge in [0.15, 0.2) is 0 Å². The van der Waals surface area contributed by atoms with Crippen LogP contribution in [0.25, 0.3) is 11.1 Å². The minimum absolute atomic E-state index is 0.00608. The van der Waals surface area contributed by atoms with Gasteiger partial charge in [-0.1, -0.05) is 82.5 Å². The number of carbonyl (C=O) groups excluding carboxylic acids is 1. The van der Waals surface area contributed by atoms with Crippen molar-refractivity contribution in [2.75, 3.05) is 13.6 Å². The molecule has 2 heteroatoms. The highest BCUT2D eigenvalue weighted by Crippen LogP contribution is 2.40. The molecule has 2 aromatic carbocycles. The molecule has 1 saturated carbocycles. The third-order valence-electron chi connectivity index (χ3n) is 8.14. The van der Waals surface area contributed by atoms with E-state index < -0.39 is 0 Å². The zero-order chi connectivity index (χ0) is 25.2. The number of unbranched alkanes of at least 4 members (excludes halogenated alkanes) is 2. The largest absolute Gasteiger partial charge is 0.342 e. The van der Waals surface area contributed by atoms with Crippen molar-refractivity contribution in [3.8, 4) is 11.1 Å². The Morgan fingerprint density at radius 1 is 1.03 bits per heavy atom. The van der Waals surface area contributed by atoms with Crippen molar-refractivity contribution >= 4 is 5.91 Å². The molecule has 1 aliphatic rings. The number of nitrogens with zero attached hydrogens (tertiary/aromatic N) is 1. The fraction of sp³-hybridized carbons (Fsp3) is 0.545. The summed E-state index contributed by atoms with van der Waals surface area (Å²) in [6.45, 7) is 11.2. The second kappa shape index (κ2) is 13.7.